The predicted molar refractivity (Wildman–Crippen MR) is 206 cm³/mol. The molecule has 0 fully saturated rings. The van der Waals surface area contributed by atoms with Crippen LogP contribution in [0.2, 0.25) is 0 Å². The second-order valence-electron chi connectivity index (χ2n) is 14.3. The Morgan fingerprint density at radius 1 is 0.608 bits per heavy atom. The Hall–Kier alpha value is -1.13. The van der Waals surface area contributed by atoms with E-state index >= 15 is 0 Å². The van der Waals surface area contributed by atoms with Crippen molar-refractivity contribution in [1.82, 2.24) is 10.6 Å². The fraction of sp³-hybridized carbons (Fsp3) is 0.805. The van der Waals surface area contributed by atoms with E-state index in [0.29, 0.717) is 13.0 Å². The van der Waals surface area contributed by atoms with E-state index in [1.165, 1.54) is 153 Å². The summed E-state index contributed by atoms with van der Waals surface area (Å²) >= 11 is 0. The van der Waals surface area contributed by atoms with Crippen LogP contribution in [0.3, 0.4) is 0 Å². The van der Waals surface area contributed by atoms with E-state index in [4.69, 9.17) is 0 Å². The van der Waals surface area contributed by atoms with Gasteiger partial charge in [0.2, 0.25) is 11.8 Å². The molecule has 2 amide bonds. The molecule has 290 valence electrons. The Morgan fingerprint density at radius 2 is 0.980 bits per heavy atom. The summed E-state index contributed by atoms with van der Waals surface area (Å²) in [6, 6.07) is 5.22. The number of nitrogens with one attached hydrogen (secondary N) is 2. The number of hydrogen-bond donors (Lipinski definition) is 2. The Labute approximate surface area is 335 Å². The third-order valence-electron chi connectivity index (χ3n) is 9.55. The summed E-state index contributed by atoms with van der Waals surface area (Å²) in [6.45, 7) is 5.08. The van der Waals surface area contributed by atoms with Gasteiger partial charge < -0.3 is 19.4 Å². The quantitative estimate of drug-likeness (QED) is 0.0319. The molecular formula is C41H73N2NaO6S. The monoisotopic (exact) mass is 745 g/mol. The molecule has 0 spiro atoms. The van der Waals surface area contributed by atoms with Crippen LogP contribution in [0.4, 0.5) is 0 Å². The topological polar surface area (TPSA) is 125 Å². The van der Waals surface area contributed by atoms with Crippen molar-refractivity contribution in [1.29, 1.82) is 0 Å². The number of unbranched alkanes of at least 4 members (excludes halogenated alkanes) is 25. The van der Waals surface area contributed by atoms with Crippen molar-refractivity contribution in [2.24, 2.45) is 0 Å². The van der Waals surface area contributed by atoms with Crippen molar-refractivity contribution in [3.8, 4) is 5.75 Å². The van der Waals surface area contributed by atoms with Crippen LogP contribution in [0.5, 0.6) is 5.75 Å². The summed E-state index contributed by atoms with van der Waals surface area (Å²) in [5.74, 6) is -0.447. The smallest absolute Gasteiger partial charge is 0.716 e. The second-order valence-corrected chi connectivity index (χ2v) is 15.3. The van der Waals surface area contributed by atoms with E-state index in [1.54, 1.807) is 12.1 Å². The molecule has 0 unspecified atom stereocenters. The van der Waals surface area contributed by atoms with Gasteiger partial charge in [0, 0.05) is 19.4 Å². The van der Waals surface area contributed by atoms with Crippen molar-refractivity contribution in [2.75, 3.05) is 6.54 Å². The van der Waals surface area contributed by atoms with Gasteiger partial charge in [-0.1, -0.05) is 187 Å². The first kappa shape index (κ1) is 49.9. The molecule has 0 saturated carbocycles. The molecule has 1 aromatic carbocycles. The van der Waals surface area contributed by atoms with Crippen molar-refractivity contribution in [3.63, 3.8) is 0 Å². The summed E-state index contributed by atoms with van der Waals surface area (Å²) < 4.78 is 37.1. The molecule has 0 bridgehead atoms. The van der Waals surface area contributed by atoms with Gasteiger partial charge in [-0.25, -0.2) is 8.42 Å². The van der Waals surface area contributed by atoms with Crippen LogP contribution in [-0.4, -0.2) is 37.4 Å². The Balaban J connectivity index is 0.0000250. The van der Waals surface area contributed by atoms with Gasteiger partial charge in [0.15, 0.2) is 0 Å². The van der Waals surface area contributed by atoms with E-state index in [-0.39, 0.29) is 53.5 Å². The van der Waals surface area contributed by atoms with Crippen molar-refractivity contribution >= 4 is 22.2 Å². The van der Waals surface area contributed by atoms with Gasteiger partial charge in [0.05, 0.1) is 0 Å². The van der Waals surface area contributed by atoms with E-state index < -0.39 is 16.4 Å². The van der Waals surface area contributed by atoms with E-state index in [1.807, 2.05) is 0 Å². The standard InChI is InChI=1S/C41H74N2O6S.Na/c1-3-5-7-9-11-13-15-17-18-19-20-22-24-26-28-30-40(44)43-39(36-37-31-33-38(34-32-37)49-50(46,47)48)41(45)42-35-29-27-25-23-21-16-14-12-10-8-6-4-2;/h31-34,39H,3-30,35-36H2,1-2H3,(H,42,45)(H,43,44)(H,46,47,48);/q;+1/p-1/t39-;/m0./s1. The molecule has 8 nitrogen and oxygen atoms in total. The molecule has 51 heavy (non-hydrogen) atoms. The fourth-order valence-electron chi connectivity index (χ4n) is 6.47. The van der Waals surface area contributed by atoms with Crippen LogP contribution in [0.15, 0.2) is 24.3 Å². The first-order valence-electron chi connectivity index (χ1n) is 20.6. The molecule has 0 aliphatic rings. The molecule has 1 atom stereocenters. The zero-order valence-electron chi connectivity index (χ0n) is 33.0. The fourth-order valence-corrected chi connectivity index (χ4v) is 6.81. The van der Waals surface area contributed by atoms with Gasteiger partial charge in [-0.3, -0.25) is 9.59 Å². The molecular weight excluding hydrogens is 672 g/mol. The minimum Gasteiger partial charge on any atom is -0.716 e. The minimum atomic E-state index is -4.87. The van der Waals surface area contributed by atoms with Gasteiger partial charge in [-0.2, -0.15) is 0 Å². The molecule has 0 aliphatic heterocycles. The van der Waals surface area contributed by atoms with E-state index in [9.17, 15) is 22.6 Å². The van der Waals surface area contributed by atoms with Gasteiger partial charge >= 0.3 is 29.6 Å². The average Bonchev–Trinajstić information content (AvgIpc) is 3.08. The first-order chi connectivity index (χ1) is 24.2. The zero-order valence-corrected chi connectivity index (χ0v) is 35.8. The summed E-state index contributed by atoms with van der Waals surface area (Å²) in [7, 11) is -4.87. The molecule has 0 aliphatic carbocycles. The van der Waals surface area contributed by atoms with Gasteiger partial charge in [0.25, 0.3) is 10.4 Å². The van der Waals surface area contributed by atoms with E-state index in [2.05, 4.69) is 28.7 Å². The SMILES string of the molecule is CCCCCCCCCCCCCCCCCC(=O)N[C@@H](Cc1ccc(OS(=O)(=O)[O-])cc1)C(=O)NCCCCCCCCCCCCCC.[Na+]. The Morgan fingerprint density at radius 3 is 1.37 bits per heavy atom. The minimum absolute atomic E-state index is 0. The predicted octanol–water partition coefficient (Wildman–Crippen LogP) is 7.64. The molecule has 1 rings (SSSR count). The molecule has 0 heterocycles. The molecule has 0 saturated heterocycles. The summed E-state index contributed by atoms with van der Waals surface area (Å²) in [6.07, 6.45) is 34.6. The molecule has 10 heteroatoms. The number of hydrogen-bond acceptors (Lipinski definition) is 6. The molecule has 1 aromatic rings. The number of carbonyl (C=O) groups excluding carboxylic acids is 2. The van der Waals surface area contributed by atoms with Crippen molar-refractivity contribution in [2.45, 2.75) is 206 Å². The van der Waals surface area contributed by atoms with Crippen LogP contribution in [-0.2, 0) is 26.4 Å². The first-order valence-corrected chi connectivity index (χ1v) is 21.9. The van der Waals surface area contributed by atoms with Gasteiger partial charge in [-0.05, 0) is 30.5 Å². The second kappa shape index (κ2) is 34.6. The Bertz CT molecular complexity index is 1070. The number of carbonyl (C=O) groups is 2. The largest absolute Gasteiger partial charge is 1.00 e. The Kier molecular flexibility index (Phi) is 33.9. The normalized spacial score (nSPS) is 11.9. The maximum Gasteiger partial charge on any atom is 1.00 e. The van der Waals surface area contributed by atoms with Crippen molar-refractivity contribution < 1.29 is 56.3 Å². The van der Waals surface area contributed by atoms with Crippen LogP contribution in [0, 0.1) is 0 Å². The van der Waals surface area contributed by atoms with Crippen LogP contribution < -0.4 is 44.4 Å². The third-order valence-corrected chi connectivity index (χ3v) is 9.95. The zero-order chi connectivity index (χ0) is 36.5. The third kappa shape index (κ3) is 32.1. The van der Waals surface area contributed by atoms with Gasteiger partial charge in [0.1, 0.15) is 11.8 Å². The van der Waals surface area contributed by atoms with Gasteiger partial charge in [-0.15, -0.1) is 0 Å². The maximum absolute atomic E-state index is 13.2. The summed E-state index contributed by atoms with van der Waals surface area (Å²) in [5.41, 5.74) is 0.721. The summed E-state index contributed by atoms with van der Waals surface area (Å²) in [4.78, 5) is 26.1. The number of amides is 2. The molecule has 2 N–H and O–H groups in total. The number of rotatable bonds is 35. The molecule has 0 radical (unpaired) electrons. The summed E-state index contributed by atoms with van der Waals surface area (Å²) in [5, 5.41) is 5.95. The van der Waals surface area contributed by atoms with Crippen LogP contribution in [0.1, 0.15) is 199 Å². The van der Waals surface area contributed by atoms with Crippen LogP contribution in [0.25, 0.3) is 0 Å². The number of benzene rings is 1. The van der Waals surface area contributed by atoms with Crippen LogP contribution >= 0.6 is 0 Å². The molecule has 0 aromatic heterocycles. The maximum atomic E-state index is 13.2. The van der Waals surface area contributed by atoms with Crippen molar-refractivity contribution in [3.05, 3.63) is 29.8 Å². The van der Waals surface area contributed by atoms with E-state index in [0.717, 1.165) is 37.7 Å². The average molecular weight is 745 g/mol.